The first-order valence-corrected chi connectivity index (χ1v) is 8.90. The number of benzene rings is 2. The molecule has 128 valence electrons. The molecule has 0 spiro atoms. The molecule has 1 fully saturated rings. The normalized spacial score (nSPS) is 15.2. The number of halogens is 1. The number of hydrogen-bond acceptors (Lipinski definition) is 3. The van der Waals surface area contributed by atoms with Gasteiger partial charge in [0.25, 0.3) is 0 Å². The van der Waals surface area contributed by atoms with Gasteiger partial charge in [-0.3, -0.25) is 0 Å². The average Bonchev–Trinajstić information content (AvgIpc) is 2.60. The third-order valence-corrected chi connectivity index (χ3v) is 4.69. The van der Waals surface area contributed by atoms with Crippen LogP contribution in [0, 0.1) is 12.8 Å². The smallest absolute Gasteiger partial charge is 0.123 e. The van der Waals surface area contributed by atoms with Gasteiger partial charge in [-0.25, -0.2) is 0 Å². The maximum absolute atomic E-state index is 6.18. The van der Waals surface area contributed by atoms with Crippen molar-refractivity contribution in [1.29, 1.82) is 0 Å². The SMILES string of the molecule is Cc1cc(OCc2ccccc2Cl)cc(OCC2CCNCC2)c1. The minimum atomic E-state index is 0.455. The lowest BCUT2D eigenvalue weighted by atomic mass is 9.99. The highest BCUT2D eigenvalue weighted by Gasteiger charge is 2.14. The molecule has 1 heterocycles. The van der Waals surface area contributed by atoms with E-state index in [1.807, 2.05) is 36.4 Å². The van der Waals surface area contributed by atoms with Crippen molar-refractivity contribution in [3.05, 3.63) is 58.6 Å². The Labute approximate surface area is 148 Å². The van der Waals surface area contributed by atoms with Gasteiger partial charge in [-0.15, -0.1) is 0 Å². The maximum Gasteiger partial charge on any atom is 0.123 e. The summed E-state index contributed by atoms with van der Waals surface area (Å²) in [5, 5.41) is 4.11. The van der Waals surface area contributed by atoms with E-state index in [1.165, 1.54) is 12.8 Å². The van der Waals surface area contributed by atoms with Gasteiger partial charge in [0.2, 0.25) is 0 Å². The summed E-state index contributed by atoms with van der Waals surface area (Å²) >= 11 is 6.18. The van der Waals surface area contributed by atoms with Crippen LogP contribution in [0.2, 0.25) is 5.02 Å². The van der Waals surface area contributed by atoms with Crippen LogP contribution in [0.4, 0.5) is 0 Å². The molecule has 1 aliphatic heterocycles. The minimum Gasteiger partial charge on any atom is -0.493 e. The van der Waals surface area contributed by atoms with Crippen molar-refractivity contribution < 1.29 is 9.47 Å². The molecular weight excluding hydrogens is 322 g/mol. The van der Waals surface area contributed by atoms with Crippen LogP contribution in [0.3, 0.4) is 0 Å². The van der Waals surface area contributed by atoms with E-state index in [9.17, 15) is 0 Å². The second-order valence-corrected chi connectivity index (χ2v) is 6.77. The Bertz CT molecular complexity index is 668. The monoisotopic (exact) mass is 345 g/mol. The zero-order chi connectivity index (χ0) is 16.8. The van der Waals surface area contributed by atoms with E-state index in [0.717, 1.165) is 47.3 Å². The highest BCUT2D eigenvalue weighted by Crippen LogP contribution is 2.25. The molecule has 4 heteroatoms. The van der Waals surface area contributed by atoms with Crippen molar-refractivity contribution >= 4 is 11.6 Å². The number of aryl methyl sites for hydroxylation is 1. The molecule has 0 unspecified atom stereocenters. The van der Waals surface area contributed by atoms with Crippen molar-refractivity contribution in [3.8, 4) is 11.5 Å². The van der Waals surface area contributed by atoms with Crippen molar-refractivity contribution in [1.82, 2.24) is 5.32 Å². The summed E-state index contributed by atoms with van der Waals surface area (Å²) in [5.41, 5.74) is 2.12. The molecule has 24 heavy (non-hydrogen) atoms. The number of nitrogens with one attached hydrogen (secondary N) is 1. The second kappa shape index (κ2) is 8.41. The molecule has 0 aliphatic carbocycles. The molecule has 2 aromatic carbocycles. The quantitative estimate of drug-likeness (QED) is 0.829. The minimum absolute atomic E-state index is 0.455. The molecule has 0 radical (unpaired) electrons. The molecule has 3 rings (SSSR count). The first kappa shape index (κ1) is 17.1. The first-order valence-electron chi connectivity index (χ1n) is 8.52. The highest BCUT2D eigenvalue weighted by atomic mass is 35.5. The number of hydrogen-bond donors (Lipinski definition) is 1. The van der Waals surface area contributed by atoms with Gasteiger partial charge < -0.3 is 14.8 Å². The summed E-state index contributed by atoms with van der Waals surface area (Å²) in [5.74, 6) is 2.33. The average molecular weight is 346 g/mol. The molecule has 0 amide bonds. The van der Waals surface area contributed by atoms with Crippen LogP contribution in [0.1, 0.15) is 24.0 Å². The fraction of sp³-hybridized carbons (Fsp3) is 0.400. The van der Waals surface area contributed by atoms with Gasteiger partial charge in [-0.05, 0) is 62.5 Å². The Morgan fingerprint density at radius 2 is 1.75 bits per heavy atom. The van der Waals surface area contributed by atoms with Gasteiger partial charge in [0.05, 0.1) is 6.61 Å². The van der Waals surface area contributed by atoms with E-state index < -0.39 is 0 Å². The second-order valence-electron chi connectivity index (χ2n) is 6.37. The standard InChI is InChI=1S/C20H24ClNO2/c1-15-10-18(23-13-16-6-8-22-9-7-16)12-19(11-15)24-14-17-4-2-3-5-20(17)21/h2-5,10-12,16,22H,6-9,13-14H2,1H3. The lowest BCUT2D eigenvalue weighted by Gasteiger charge is -2.22. The number of piperidine rings is 1. The van der Waals surface area contributed by atoms with E-state index in [1.54, 1.807) is 0 Å². The van der Waals surface area contributed by atoms with Gasteiger partial charge in [-0.2, -0.15) is 0 Å². The van der Waals surface area contributed by atoms with Gasteiger partial charge in [-0.1, -0.05) is 29.8 Å². The molecule has 0 aromatic heterocycles. The van der Waals surface area contributed by atoms with Crippen LogP contribution in [-0.4, -0.2) is 19.7 Å². The number of ether oxygens (including phenoxy) is 2. The summed E-state index contributed by atoms with van der Waals surface area (Å²) in [7, 11) is 0. The molecule has 3 nitrogen and oxygen atoms in total. The predicted octanol–water partition coefficient (Wildman–Crippen LogP) is 4.61. The summed E-state index contributed by atoms with van der Waals surface area (Å²) < 4.78 is 11.9. The Morgan fingerprint density at radius 1 is 1.04 bits per heavy atom. The van der Waals surface area contributed by atoms with Crippen LogP contribution in [0.15, 0.2) is 42.5 Å². The molecule has 0 atom stereocenters. The lowest BCUT2D eigenvalue weighted by Crippen LogP contribution is -2.30. The van der Waals surface area contributed by atoms with E-state index in [2.05, 4.69) is 18.3 Å². The van der Waals surface area contributed by atoms with E-state index >= 15 is 0 Å². The topological polar surface area (TPSA) is 30.5 Å². The van der Waals surface area contributed by atoms with Crippen LogP contribution in [0.5, 0.6) is 11.5 Å². The zero-order valence-corrected chi connectivity index (χ0v) is 14.8. The third kappa shape index (κ3) is 4.89. The summed E-state index contributed by atoms with van der Waals surface area (Å²) in [6, 6.07) is 13.8. The van der Waals surface area contributed by atoms with Gasteiger partial charge in [0, 0.05) is 16.7 Å². The lowest BCUT2D eigenvalue weighted by molar-refractivity contribution is 0.214. The van der Waals surface area contributed by atoms with Gasteiger partial charge in [0.15, 0.2) is 0 Å². The zero-order valence-electron chi connectivity index (χ0n) is 14.1. The first-order chi connectivity index (χ1) is 11.7. The molecular formula is C20H24ClNO2. The Kier molecular flexibility index (Phi) is 6.00. The Balaban J connectivity index is 1.59. The number of rotatable bonds is 6. The van der Waals surface area contributed by atoms with Crippen LogP contribution >= 0.6 is 11.6 Å². The van der Waals surface area contributed by atoms with Gasteiger partial charge in [0.1, 0.15) is 18.1 Å². The Hall–Kier alpha value is -1.71. The molecule has 0 bridgehead atoms. The van der Waals surface area contributed by atoms with Crippen molar-refractivity contribution in [2.24, 2.45) is 5.92 Å². The summed E-state index contributed by atoms with van der Waals surface area (Å²) in [6.45, 7) is 5.47. The van der Waals surface area contributed by atoms with E-state index in [4.69, 9.17) is 21.1 Å². The predicted molar refractivity (Wildman–Crippen MR) is 98.1 cm³/mol. The van der Waals surface area contributed by atoms with Crippen LogP contribution in [0.25, 0.3) is 0 Å². The van der Waals surface area contributed by atoms with Crippen LogP contribution < -0.4 is 14.8 Å². The molecule has 2 aromatic rings. The fourth-order valence-electron chi connectivity index (χ4n) is 2.92. The summed E-state index contributed by atoms with van der Waals surface area (Å²) in [4.78, 5) is 0. The largest absolute Gasteiger partial charge is 0.493 e. The molecule has 1 N–H and O–H groups in total. The summed E-state index contributed by atoms with van der Waals surface area (Å²) in [6.07, 6.45) is 2.36. The Morgan fingerprint density at radius 3 is 2.50 bits per heavy atom. The highest BCUT2D eigenvalue weighted by molar-refractivity contribution is 6.31. The maximum atomic E-state index is 6.18. The molecule has 1 saturated heterocycles. The van der Waals surface area contributed by atoms with Crippen molar-refractivity contribution in [2.75, 3.05) is 19.7 Å². The van der Waals surface area contributed by atoms with E-state index in [0.29, 0.717) is 12.5 Å². The fourth-order valence-corrected chi connectivity index (χ4v) is 3.11. The molecule has 1 aliphatic rings. The van der Waals surface area contributed by atoms with Gasteiger partial charge >= 0.3 is 0 Å². The molecule has 0 saturated carbocycles. The van der Waals surface area contributed by atoms with Crippen molar-refractivity contribution in [3.63, 3.8) is 0 Å². The van der Waals surface area contributed by atoms with E-state index in [-0.39, 0.29) is 0 Å². The van der Waals surface area contributed by atoms with Crippen molar-refractivity contribution in [2.45, 2.75) is 26.4 Å². The van der Waals surface area contributed by atoms with Crippen LogP contribution in [-0.2, 0) is 6.61 Å². The third-order valence-electron chi connectivity index (χ3n) is 4.32.